The van der Waals surface area contributed by atoms with Gasteiger partial charge in [0.25, 0.3) is 11.8 Å². The number of hydrogen-bond donors (Lipinski definition) is 1. The van der Waals surface area contributed by atoms with Crippen LogP contribution in [-0.4, -0.2) is 40.6 Å². The Hall–Kier alpha value is -4.54. The molecule has 2 aromatic carbocycles. The van der Waals surface area contributed by atoms with Crippen molar-refractivity contribution in [3.05, 3.63) is 71.3 Å². The average molecular weight is 613 g/mol. The molecule has 0 aliphatic heterocycles. The predicted molar refractivity (Wildman–Crippen MR) is 159 cm³/mol. The highest BCUT2D eigenvalue weighted by Gasteiger charge is 2.28. The highest BCUT2D eigenvalue weighted by Crippen LogP contribution is 2.32. The summed E-state index contributed by atoms with van der Waals surface area (Å²) < 4.78 is 51.3. The minimum absolute atomic E-state index is 0.0475. The number of hydrogen-bond acceptors (Lipinski definition) is 8. The second-order valence-electron chi connectivity index (χ2n) is 12.0. The number of rotatable bonds is 11. The van der Waals surface area contributed by atoms with Gasteiger partial charge in [-0.1, -0.05) is 31.2 Å². The molecule has 44 heavy (non-hydrogen) atoms. The third-order valence-corrected chi connectivity index (χ3v) is 5.76. The molecule has 1 amide bonds. The second-order valence-corrected chi connectivity index (χ2v) is 12.0. The summed E-state index contributed by atoms with van der Waals surface area (Å²) in [5, 5.41) is 2.71. The van der Waals surface area contributed by atoms with Crippen molar-refractivity contribution in [1.29, 1.82) is 0 Å². The lowest BCUT2D eigenvalue weighted by Crippen LogP contribution is -2.35. The molecule has 3 aromatic rings. The molecule has 1 aromatic heterocycles. The van der Waals surface area contributed by atoms with E-state index in [2.05, 4.69) is 10.3 Å². The van der Waals surface area contributed by atoms with Crippen molar-refractivity contribution in [2.75, 3.05) is 0 Å². The van der Waals surface area contributed by atoms with Crippen LogP contribution in [0.3, 0.4) is 0 Å². The molecular weight excluding hydrogens is 574 g/mol. The molecule has 0 saturated carbocycles. The van der Waals surface area contributed by atoms with Crippen LogP contribution >= 0.6 is 0 Å². The highest BCUT2D eigenvalue weighted by molar-refractivity contribution is 5.75. The van der Waals surface area contributed by atoms with E-state index in [1.54, 1.807) is 66.7 Å². The van der Waals surface area contributed by atoms with Crippen LogP contribution in [0.1, 0.15) is 66.0 Å². The molecule has 0 radical (unpaired) electrons. The van der Waals surface area contributed by atoms with Crippen molar-refractivity contribution in [3.8, 4) is 28.6 Å². The minimum atomic E-state index is -1.19. The predicted octanol–water partition coefficient (Wildman–Crippen LogP) is 7.08. The fraction of sp³-hybridized carbons (Fsp3) is 0.394. The van der Waals surface area contributed by atoms with E-state index in [-0.39, 0.29) is 25.1 Å². The number of esters is 1. The molecule has 1 N–H and O–H groups in total. The first-order valence-electron chi connectivity index (χ1n) is 14.1. The Morgan fingerprint density at radius 1 is 0.886 bits per heavy atom. The Bertz CT molecular complexity index is 1500. The molecule has 0 saturated heterocycles. The van der Waals surface area contributed by atoms with Gasteiger partial charge in [0.05, 0.1) is 0 Å². The Morgan fingerprint density at radius 2 is 1.55 bits per heavy atom. The molecule has 9 nitrogen and oxygen atoms in total. The summed E-state index contributed by atoms with van der Waals surface area (Å²) in [7, 11) is 0. The number of amides is 1. The van der Waals surface area contributed by atoms with E-state index in [0.29, 0.717) is 23.5 Å². The number of aromatic nitrogens is 1. The Morgan fingerprint density at radius 3 is 2.18 bits per heavy atom. The lowest BCUT2D eigenvalue weighted by atomic mass is 9.99. The summed E-state index contributed by atoms with van der Waals surface area (Å²) >= 11 is 0. The first-order chi connectivity index (χ1) is 20.6. The normalized spacial score (nSPS) is 12.2. The number of halogens is 2. The van der Waals surface area contributed by atoms with Crippen molar-refractivity contribution in [1.82, 2.24) is 10.3 Å². The molecule has 1 heterocycles. The average Bonchev–Trinajstić information content (AvgIpc) is 2.91. The number of aldehydes is 1. The van der Waals surface area contributed by atoms with E-state index < -0.39 is 52.8 Å². The summed E-state index contributed by atoms with van der Waals surface area (Å²) in [4.78, 5) is 39.8. The van der Waals surface area contributed by atoms with Gasteiger partial charge in [-0.3, -0.25) is 0 Å². The summed E-state index contributed by atoms with van der Waals surface area (Å²) in [6.45, 7) is 12.2. The van der Waals surface area contributed by atoms with E-state index in [4.69, 9.17) is 18.9 Å². The zero-order chi connectivity index (χ0) is 32.7. The minimum Gasteiger partial charge on any atom is -0.460 e. The smallest absolute Gasteiger partial charge is 0.407 e. The van der Waals surface area contributed by atoms with Crippen LogP contribution in [0.5, 0.6) is 17.5 Å². The molecule has 0 bridgehead atoms. The first kappa shape index (κ1) is 34.0. The van der Waals surface area contributed by atoms with E-state index in [9.17, 15) is 23.2 Å². The van der Waals surface area contributed by atoms with Gasteiger partial charge in [0.15, 0.2) is 17.7 Å². The second kappa shape index (κ2) is 14.3. The van der Waals surface area contributed by atoms with Crippen LogP contribution in [-0.2, 0) is 32.0 Å². The van der Waals surface area contributed by atoms with Crippen LogP contribution in [0.25, 0.3) is 11.1 Å². The largest absolute Gasteiger partial charge is 0.460 e. The Labute approximate surface area is 255 Å². The standard InChI is InChI=1S/C33H38F2N2O7/c1-8-27(30(39)43-32(2,3)4)42-29-26(35)18-25(34)28(37-29)41-24-16-20(12-13-38)14-23(17-24)22-11-9-10-21(15-22)19-36-31(40)44-33(5,6)7/h9-11,13-18,27H,8,12,19H2,1-7H3,(H,36,40). The van der Waals surface area contributed by atoms with Gasteiger partial charge in [-0.25, -0.2) is 18.4 Å². The quantitative estimate of drug-likeness (QED) is 0.181. The molecule has 1 unspecified atom stereocenters. The Kier molecular flexibility index (Phi) is 11.0. The van der Waals surface area contributed by atoms with Crippen LogP contribution in [0, 0.1) is 11.6 Å². The maximum Gasteiger partial charge on any atom is 0.407 e. The van der Waals surface area contributed by atoms with E-state index >= 15 is 0 Å². The maximum atomic E-state index is 14.8. The summed E-state index contributed by atoms with van der Waals surface area (Å²) in [6, 6.07) is 12.8. The highest BCUT2D eigenvalue weighted by atomic mass is 19.1. The van der Waals surface area contributed by atoms with Gasteiger partial charge >= 0.3 is 12.1 Å². The van der Waals surface area contributed by atoms with Gasteiger partial charge in [-0.05, 0) is 88.4 Å². The molecule has 11 heteroatoms. The van der Waals surface area contributed by atoms with E-state index in [0.717, 1.165) is 11.1 Å². The topological polar surface area (TPSA) is 113 Å². The SMILES string of the molecule is CCC(Oc1nc(Oc2cc(CC=O)cc(-c3cccc(CNC(=O)OC(C)(C)C)c3)c2)c(F)cc1F)C(=O)OC(C)(C)C. The van der Waals surface area contributed by atoms with Crippen LogP contribution in [0.2, 0.25) is 0 Å². The number of carbonyl (C=O) groups excluding carboxylic acids is 3. The van der Waals surface area contributed by atoms with Gasteiger partial charge in [0.1, 0.15) is 23.2 Å². The fourth-order valence-electron chi connectivity index (χ4n) is 3.95. The third kappa shape index (κ3) is 10.3. The van der Waals surface area contributed by atoms with Gasteiger partial charge in [-0.2, -0.15) is 4.98 Å². The summed E-state index contributed by atoms with van der Waals surface area (Å²) in [5.74, 6) is -4.04. The number of nitrogens with one attached hydrogen (secondary N) is 1. The van der Waals surface area contributed by atoms with Gasteiger partial charge in [0, 0.05) is 19.0 Å². The van der Waals surface area contributed by atoms with E-state index in [1.807, 2.05) is 18.2 Å². The van der Waals surface area contributed by atoms with Crippen LogP contribution in [0.4, 0.5) is 13.6 Å². The number of carbonyl (C=O) groups is 3. The molecule has 236 valence electrons. The molecule has 0 aliphatic rings. The van der Waals surface area contributed by atoms with Crippen molar-refractivity contribution in [3.63, 3.8) is 0 Å². The molecule has 0 aliphatic carbocycles. The van der Waals surface area contributed by atoms with Crippen LogP contribution in [0.15, 0.2) is 48.5 Å². The number of ether oxygens (including phenoxy) is 4. The number of pyridine rings is 1. The zero-order valence-electron chi connectivity index (χ0n) is 26.0. The lowest BCUT2D eigenvalue weighted by Gasteiger charge is -2.23. The monoisotopic (exact) mass is 612 g/mol. The van der Waals surface area contributed by atoms with Crippen molar-refractivity contribution in [2.24, 2.45) is 0 Å². The number of nitrogens with zero attached hydrogens (tertiary/aromatic N) is 1. The molecule has 1 atom stereocenters. The summed E-state index contributed by atoms with van der Waals surface area (Å²) in [5.41, 5.74) is 1.28. The zero-order valence-corrected chi connectivity index (χ0v) is 26.0. The van der Waals surface area contributed by atoms with Gasteiger partial charge in [0.2, 0.25) is 0 Å². The molecule has 0 spiro atoms. The lowest BCUT2D eigenvalue weighted by molar-refractivity contribution is -0.163. The van der Waals surface area contributed by atoms with Crippen molar-refractivity contribution in [2.45, 2.75) is 85.2 Å². The summed E-state index contributed by atoms with van der Waals surface area (Å²) in [6.07, 6.45) is -0.832. The first-order valence-corrected chi connectivity index (χ1v) is 14.1. The number of benzene rings is 2. The molecule has 3 rings (SSSR count). The van der Waals surface area contributed by atoms with E-state index in [1.165, 1.54) is 6.07 Å². The number of alkyl carbamates (subject to hydrolysis) is 1. The maximum absolute atomic E-state index is 14.8. The van der Waals surface area contributed by atoms with Gasteiger partial charge in [-0.15, -0.1) is 0 Å². The Balaban J connectivity index is 1.89. The third-order valence-electron chi connectivity index (χ3n) is 5.76. The van der Waals surface area contributed by atoms with Crippen molar-refractivity contribution >= 4 is 18.3 Å². The molecule has 0 fully saturated rings. The molecular formula is C33H38F2N2O7. The fourth-order valence-corrected chi connectivity index (χ4v) is 3.95. The van der Waals surface area contributed by atoms with Crippen LogP contribution < -0.4 is 14.8 Å². The van der Waals surface area contributed by atoms with Crippen molar-refractivity contribution < 1.29 is 42.1 Å². The van der Waals surface area contributed by atoms with Gasteiger partial charge < -0.3 is 29.1 Å².